The van der Waals surface area contributed by atoms with Gasteiger partial charge < -0.3 is 10.0 Å². The van der Waals surface area contributed by atoms with Gasteiger partial charge in [0.25, 0.3) is 0 Å². The van der Waals surface area contributed by atoms with E-state index in [0.717, 1.165) is 0 Å². The second-order valence-electron chi connectivity index (χ2n) is 2.34. The maximum Gasteiger partial charge on any atom is 0.491 e. The largest absolute Gasteiger partial charge is 0.491 e. The fourth-order valence-corrected chi connectivity index (χ4v) is 0.880. The van der Waals surface area contributed by atoms with Crippen molar-refractivity contribution in [1.82, 2.24) is 0 Å². The van der Waals surface area contributed by atoms with Crippen LogP contribution in [0.3, 0.4) is 0 Å². The fraction of sp³-hybridized carbons (Fsp3) is 0. The van der Waals surface area contributed by atoms with E-state index in [2.05, 4.69) is 0 Å². The van der Waals surface area contributed by atoms with Gasteiger partial charge in [-0.1, -0.05) is 0 Å². The van der Waals surface area contributed by atoms with Gasteiger partial charge in [-0.15, -0.1) is 0 Å². The fourth-order valence-electron chi connectivity index (χ4n) is 0.880. The van der Waals surface area contributed by atoms with Gasteiger partial charge in [-0.3, -0.25) is 0 Å². The molecule has 2 N–H and O–H groups in total. The summed E-state index contributed by atoms with van der Waals surface area (Å²) in [5, 5.41) is 25.5. The topological polar surface area (TPSA) is 64.2 Å². The summed E-state index contributed by atoms with van der Waals surface area (Å²) in [7, 11) is -2.12. The first-order valence-corrected chi connectivity index (χ1v) is 3.31. The number of nitriles is 1. The van der Waals surface area contributed by atoms with Gasteiger partial charge >= 0.3 is 7.12 Å². The van der Waals surface area contributed by atoms with Crippen LogP contribution in [-0.2, 0) is 0 Å². The first-order valence-electron chi connectivity index (χ1n) is 3.31. The van der Waals surface area contributed by atoms with E-state index in [1.165, 1.54) is 6.07 Å². The Morgan fingerprint density at radius 2 is 1.92 bits per heavy atom. The highest BCUT2D eigenvalue weighted by molar-refractivity contribution is 6.58. The van der Waals surface area contributed by atoms with Crippen LogP contribution in [0.15, 0.2) is 12.1 Å². The molecule has 0 amide bonds. The number of hydrogen-bond donors (Lipinski definition) is 2. The lowest BCUT2D eigenvalue weighted by Crippen LogP contribution is -2.33. The van der Waals surface area contributed by atoms with Crippen molar-refractivity contribution in [2.75, 3.05) is 0 Å². The molecular weight excluding hydrogens is 179 g/mol. The summed E-state index contributed by atoms with van der Waals surface area (Å²) in [5.41, 5.74) is -1.19. The highest BCUT2D eigenvalue weighted by Crippen LogP contribution is 2.06. The quantitative estimate of drug-likeness (QED) is 0.577. The zero-order valence-electron chi connectivity index (χ0n) is 6.33. The Labute approximate surface area is 73.0 Å². The normalized spacial score (nSPS) is 9.46. The number of rotatable bonds is 1. The minimum absolute atomic E-state index is 0.553. The third-order valence-electron chi connectivity index (χ3n) is 1.46. The van der Waals surface area contributed by atoms with Crippen LogP contribution in [0, 0.1) is 23.0 Å². The Hall–Kier alpha value is -1.45. The Balaban J connectivity index is 3.38. The first kappa shape index (κ1) is 9.64. The van der Waals surface area contributed by atoms with Crippen LogP contribution in [-0.4, -0.2) is 17.2 Å². The standard InChI is InChI=1S/C7H4BF2NO2/c9-5-1-4(3-11)7(10)6(2-5)8(12)13/h1-2,12-13H. The number of halogens is 2. The van der Waals surface area contributed by atoms with Crippen molar-refractivity contribution >= 4 is 12.6 Å². The molecule has 1 aromatic carbocycles. The molecular formula is C7H4BF2NO2. The van der Waals surface area contributed by atoms with Gasteiger partial charge in [0.2, 0.25) is 0 Å². The van der Waals surface area contributed by atoms with Crippen LogP contribution < -0.4 is 5.46 Å². The third-order valence-corrected chi connectivity index (χ3v) is 1.46. The smallest absolute Gasteiger partial charge is 0.423 e. The summed E-state index contributed by atoms with van der Waals surface area (Å²) in [4.78, 5) is 0. The summed E-state index contributed by atoms with van der Waals surface area (Å²) < 4.78 is 25.6. The molecule has 3 nitrogen and oxygen atoms in total. The monoisotopic (exact) mass is 183 g/mol. The Morgan fingerprint density at radius 3 is 2.38 bits per heavy atom. The second kappa shape index (κ2) is 3.52. The molecule has 0 unspecified atom stereocenters. The van der Waals surface area contributed by atoms with E-state index in [-0.39, 0.29) is 0 Å². The number of hydrogen-bond acceptors (Lipinski definition) is 3. The summed E-state index contributed by atoms with van der Waals surface area (Å²) in [6.07, 6.45) is 0. The van der Waals surface area contributed by atoms with E-state index in [4.69, 9.17) is 15.3 Å². The highest BCUT2D eigenvalue weighted by atomic mass is 19.1. The van der Waals surface area contributed by atoms with Crippen LogP contribution in [0.4, 0.5) is 8.78 Å². The van der Waals surface area contributed by atoms with Crippen molar-refractivity contribution in [2.24, 2.45) is 0 Å². The van der Waals surface area contributed by atoms with E-state index < -0.39 is 29.8 Å². The lowest BCUT2D eigenvalue weighted by Gasteiger charge is -2.02. The van der Waals surface area contributed by atoms with Crippen molar-refractivity contribution in [2.45, 2.75) is 0 Å². The molecule has 0 atom stereocenters. The molecule has 1 aromatic rings. The van der Waals surface area contributed by atoms with Gasteiger partial charge in [0, 0.05) is 5.46 Å². The maximum atomic E-state index is 13.0. The van der Waals surface area contributed by atoms with E-state index in [0.29, 0.717) is 12.1 Å². The molecule has 0 aromatic heterocycles. The zero-order chi connectivity index (χ0) is 10.0. The molecule has 0 spiro atoms. The molecule has 0 fully saturated rings. The van der Waals surface area contributed by atoms with Crippen molar-refractivity contribution in [3.8, 4) is 6.07 Å². The third kappa shape index (κ3) is 1.83. The molecule has 66 valence electrons. The van der Waals surface area contributed by atoms with Crippen LogP contribution >= 0.6 is 0 Å². The summed E-state index contributed by atoms with van der Waals surface area (Å²) in [6, 6.07) is 2.70. The second-order valence-corrected chi connectivity index (χ2v) is 2.34. The predicted octanol–water partition coefficient (Wildman–Crippen LogP) is -0.484. The van der Waals surface area contributed by atoms with Crippen LogP contribution in [0.1, 0.15) is 5.56 Å². The lowest BCUT2D eigenvalue weighted by molar-refractivity contribution is 0.422. The van der Waals surface area contributed by atoms with Crippen molar-refractivity contribution in [3.05, 3.63) is 29.3 Å². The van der Waals surface area contributed by atoms with Crippen molar-refractivity contribution in [1.29, 1.82) is 5.26 Å². The molecule has 1 rings (SSSR count). The van der Waals surface area contributed by atoms with Gasteiger partial charge in [0.1, 0.15) is 17.7 Å². The SMILES string of the molecule is N#Cc1cc(F)cc(B(O)O)c1F. The van der Waals surface area contributed by atoms with Gasteiger partial charge in [-0.25, -0.2) is 8.78 Å². The van der Waals surface area contributed by atoms with Crippen LogP contribution in [0.5, 0.6) is 0 Å². The Kier molecular flexibility index (Phi) is 2.61. The molecule has 0 aliphatic rings. The van der Waals surface area contributed by atoms with E-state index in [1.54, 1.807) is 0 Å². The van der Waals surface area contributed by atoms with E-state index in [9.17, 15) is 8.78 Å². The molecule has 0 radical (unpaired) electrons. The van der Waals surface area contributed by atoms with Crippen molar-refractivity contribution in [3.63, 3.8) is 0 Å². The summed E-state index contributed by atoms with van der Waals surface area (Å²) in [5.74, 6) is -2.00. The summed E-state index contributed by atoms with van der Waals surface area (Å²) in [6.45, 7) is 0. The predicted molar refractivity (Wildman–Crippen MR) is 40.9 cm³/mol. The molecule has 0 heterocycles. The Morgan fingerprint density at radius 1 is 1.31 bits per heavy atom. The van der Waals surface area contributed by atoms with Crippen molar-refractivity contribution < 1.29 is 18.8 Å². The van der Waals surface area contributed by atoms with E-state index in [1.807, 2.05) is 0 Å². The lowest BCUT2D eigenvalue weighted by atomic mass is 9.79. The maximum absolute atomic E-state index is 13.0. The molecule has 0 bridgehead atoms. The molecule has 13 heavy (non-hydrogen) atoms. The van der Waals surface area contributed by atoms with Gasteiger partial charge in [-0.05, 0) is 12.1 Å². The number of nitrogens with zero attached hydrogens (tertiary/aromatic N) is 1. The molecule has 0 saturated carbocycles. The summed E-state index contributed by atoms with van der Waals surface area (Å²) >= 11 is 0. The first-order chi connectivity index (χ1) is 6.06. The van der Waals surface area contributed by atoms with Crippen LogP contribution in [0.2, 0.25) is 0 Å². The average Bonchev–Trinajstić information content (AvgIpc) is 2.08. The molecule has 0 saturated heterocycles. The van der Waals surface area contributed by atoms with Crippen LogP contribution in [0.25, 0.3) is 0 Å². The van der Waals surface area contributed by atoms with Gasteiger partial charge in [-0.2, -0.15) is 5.26 Å². The van der Waals surface area contributed by atoms with E-state index >= 15 is 0 Å². The average molecular weight is 183 g/mol. The zero-order valence-corrected chi connectivity index (χ0v) is 6.33. The minimum atomic E-state index is -2.12. The highest BCUT2D eigenvalue weighted by Gasteiger charge is 2.20. The molecule has 6 heteroatoms. The molecule has 0 aliphatic carbocycles. The number of benzene rings is 1. The van der Waals surface area contributed by atoms with Gasteiger partial charge in [0.15, 0.2) is 0 Å². The van der Waals surface area contributed by atoms with Gasteiger partial charge in [0.05, 0.1) is 5.56 Å². The minimum Gasteiger partial charge on any atom is -0.423 e. The molecule has 0 aliphatic heterocycles. The Bertz CT molecular complexity index is 375.